The molecule has 0 aromatic heterocycles. The van der Waals surface area contributed by atoms with Crippen LogP contribution in [-0.2, 0) is 20.5 Å². The van der Waals surface area contributed by atoms with Crippen LogP contribution in [0.3, 0.4) is 0 Å². The van der Waals surface area contributed by atoms with Gasteiger partial charge in [0.2, 0.25) is 5.91 Å². The molecule has 6 heteroatoms. The van der Waals surface area contributed by atoms with E-state index in [-0.39, 0.29) is 12.0 Å². The van der Waals surface area contributed by atoms with E-state index < -0.39 is 23.4 Å². The van der Waals surface area contributed by atoms with E-state index in [1.54, 1.807) is 19.1 Å². The predicted molar refractivity (Wildman–Crippen MR) is 113 cm³/mol. The fourth-order valence-corrected chi connectivity index (χ4v) is 3.32. The lowest BCUT2D eigenvalue weighted by molar-refractivity contribution is -0.133. The minimum absolute atomic E-state index is 0.0114. The van der Waals surface area contributed by atoms with E-state index in [1.807, 2.05) is 43.3 Å². The number of carbonyl (C=O) groups excluding carboxylic acids is 3. The number of carbonyl (C=O) groups is 3. The van der Waals surface area contributed by atoms with E-state index in [4.69, 9.17) is 0 Å². The maximum atomic E-state index is 13.0. The Kier molecular flexibility index (Phi) is 5.22. The highest BCUT2D eigenvalue weighted by atomic mass is 16.2. The Morgan fingerprint density at radius 2 is 1.62 bits per heavy atom. The first-order valence-corrected chi connectivity index (χ1v) is 9.62. The number of hydrogen-bond donors (Lipinski definition) is 2. The predicted octanol–water partition coefficient (Wildman–Crippen LogP) is 3.70. The molecule has 3 rings (SSSR count). The number of benzene rings is 2. The van der Waals surface area contributed by atoms with Gasteiger partial charge in [-0.15, -0.1) is 0 Å². The molecule has 1 saturated heterocycles. The van der Waals surface area contributed by atoms with Crippen LogP contribution in [0.25, 0.3) is 0 Å². The lowest BCUT2D eigenvalue weighted by atomic mass is 9.84. The average Bonchev–Trinajstić information content (AvgIpc) is 2.87. The fourth-order valence-electron chi connectivity index (χ4n) is 3.32. The van der Waals surface area contributed by atoms with Crippen LogP contribution < -0.4 is 10.6 Å². The van der Waals surface area contributed by atoms with E-state index in [2.05, 4.69) is 31.4 Å². The van der Waals surface area contributed by atoms with Crippen LogP contribution in [0.2, 0.25) is 0 Å². The molecule has 0 spiro atoms. The maximum absolute atomic E-state index is 13.0. The first-order valence-electron chi connectivity index (χ1n) is 9.62. The molecule has 2 aromatic rings. The number of rotatable bonds is 4. The second-order valence-corrected chi connectivity index (χ2v) is 8.69. The van der Waals surface area contributed by atoms with Crippen LogP contribution >= 0.6 is 0 Å². The van der Waals surface area contributed by atoms with E-state index in [1.165, 1.54) is 0 Å². The number of anilines is 1. The monoisotopic (exact) mass is 393 g/mol. The zero-order chi connectivity index (χ0) is 21.4. The van der Waals surface area contributed by atoms with Gasteiger partial charge < -0.3 is 10.6 Å². The summed E-state index contributed by atoms with van der Waals surface area (Å²) in [6.07, 6.45) is 0. The van der Waals surface area contributed by atoms with Crippen molar-refractivity contribution in [3.8, 4) is 0 Å². The van der Waals surface area contributed by atoms with Gasteiger partial charge in [0.15, 0.2) is 0 Å². The zero-order valence-corrected chi connectivity index (χ0v) is 17.5. The summed E-state index contributed by atoms with van der Waals surface area (Å²) in [5.74, 6) is -0.866. The Labute approximate surface area is 171 Å². The quantitative estimate of drug-likeness (QED) is 0.778. The number of aryl methyl sites for hydroxylation is 1. The summed E-state index contributed by atoms with van der Waals surface area (Å²) >= 11 is 0. The molecule has 152 valence electrons. The van der Waals surface area contributed by atoms with E-state index in [0.29, 0.717) is 11.3 Å². The van der Waals surface area contributed by atoms with Gasteiger partial charge in [-0.25, -0.2) is 4.79 Å². The summed E-state index contributed by atoms with van der Waals surface area (Å²) in [5.41, 5.74) is 2.31. The molecule has 1 aliphatic rings. The Morgan fingerprint density at radius 3 is 2.17 bits per heavy atom. The zero-order valence-electron chi connectivity index (χ0n) is 17.5. The topological polar surface area (TPSA) is 78.5 Å². The summed E-state index contributed by atoms with van der Waals surface area (Å²) in [7, 11) is 0. The lowest BCUT2D eigenvalue weighted by Crippen LogP contribution is -2.42. The summed E-state index contributed by atoms with van der Waals surface area (Å²) in [6.45, 7) is 9.61. The largest absolute Gasteiger partial charge is 0.325 e. The van der Waals surface area contributed by atoms with Crippen molar-refractivity contribution >= 4 is 23.5 Å². The van der Waals surface area contributed by atoms with E-state index in [0.717, 1.165) is 16.0 Å². The molecule has 1 atom stereocenters. The first-order chi connectivity index (χ1) is 13.5. The average molecular weight is 393 g/mol. The smallest absolute Gasteiger partial charge is 0.325 e. The summed E-state index contributed by atoms with van der Waals surface area (Å²) in [4.78, 5) is 38.8. The number of urea groups is 1. The van der Waals surface area contributed by atoms with E-state index in [9.17, 15) is 14.4 Å². The van der Waals surface area contributed by atoms with Crippen LogP contribution in [0.1, 0.15) is 44.4 Å². The van der Waals surface area contributed by atoms with Crippen molar-refractivity contribution in [2.24, 2.45) is 0 Å². The van der Waals surface area contributed by atoms with Gasteiger partial charge in [0, 0.05) is 5.69 Å². The van der Waals surface area contributed by atoms with Gasteiger partial charge >= 0.3 is 6.03 Å². The molecule has 0 radical (unpaired) electrons. The van der Waals surface area contributed by atoms with Gasteiger partial charge in [0.05, 0.1) is 0 Å². The molecule has 0 unspecified atom stereocenters. The third kappa shape index (κ3) is 4.16. The third-order valence-corrected chi connectivity index (χ3v) is 5.24. The Bertz CT molecular complexity index is 943. The number of amides is 4. The molecular formula is C23H27N3O3. The summed E-state index contributed by atoms with van der Waals surface area (Å²) in [5, 5.41) is 5.45. The van der Waals surface area contributed by atoms with Crippen LogP contribution in [0.5, 0.6) is 0 Å². The maximum Gasteiger partial charge on any atom is 0.325 e. The van der Waals surface area contributed by atoms with Crippen LogP contribution in [0.4, 0.5) is 10.5 Å². The standard InChI is InChI=1S/C23H27N3O3/c1-15-6-12-18(13-7-15)24-19(27)14-26-20(28)23(5,25-21(26)29)17-10-8-16(9-11-17)22(2,3)4/h6-13H,14H2,1-5H3,(H,24,27)(H,25,29)/t23-/m0/s1. The SMILES string of the molecule is Cc1ccc(NC(=O)CN2C(=O)N[C@@](C)(c3ccc(C(C)(C)C)cc3)C2=O)cc1. The van der Waals surface area contributed by atoms with Crippen molar-refractivity contribution in [3.05, 3.63) is 65.2 Å². The Hall–Kier alpha value is -3.15. The van der Waals surface area contributed by atoms with Gasteiger partial charge in [-0.3, -0.25) is 14.5 Å². The van der Waals surface area contributed by atoms with Crippen LogP contribution in [0.15, 0.2) is 48.5 Å². The number of nitrogens with one attached hydrogen (secondary N) is 2. The van der Waals surface area contributed by atoms with Gasteiger partial charge in [0.25, 0.3) is 5.91 Å². The van der Waals surface area contributed by atoms with Gasteiger partial charge in [-0.1, -0.05) is 62.7 Å². The molecule has 0 bridgehead atoms. The molecule has 0 saturated carbocycles. The molecule has 2 N–H and O–H groups in total. The molecule has 6 nitrogen and oxygen atoms in total. The van der Waals surface area contributed by atoms with Crippen molar-refractivity contribution in [2.45, 2.75) is 45.6 Å². The molecule has 1 fully saturated rings. The highest BCUT2D eigenvalue weighted by molar-refractivity contribution is 6.10. The number of hydrogen-bond acceptors (Lipinski definition) is 3. The first kappa shape index (κ1) is 20.6. The van der Waals surface area contributed by atoms with Gasteiger partial charge in [-0.2, -0.15) is 0 Å². The van der Waals surface area contributed by atoms with E-state index >= 15 is 0 Å². The van der Waals surface area contributed by atoms with Gasteiger partial charge in [0.1, 0.15) is 12.1 Å². The van der Waals surface area contributed by atoms with Crippen LogP contribution in [-0.4, -0.2) is 29.3 Å². The second kappa shape index (κ2) is 7.35. The molecule has 0 aliphatic carbocycles. The summed E-state index contributed by atoms with van der Waals surface area (Å²) < 4.78 is 0. The molecule has 2 aromatic carbocycles. The minimum atomic E-state index is -1.20. The molecule has 29 heavy (non-hydrogen) atoms. The molecular weight excluding hydrogens is 366 g/mol. The highest BCUT2D eigenvalue weighted by Gasteiger charge is 2.49. The van der Waals surface area contributed by atoms with Gasteiger partial charge in [-0.05, 0) is 42.5 Å². The normalized spacial score (nSPS) is 19.3. The second-order valence-electron chi connectivity index (χ2n) is 8.69. The molecule has 1 aliphatic heterocycles. The van der Waals surface area contributed by atoms with Crippen molar-refractivity contribution < 1.29 is 14.4 Å². The Balaban J connectivity index is 1.74. The number of imide groups is 1. The number of nitrogens with zero attached hydrogens (tertiary/aromatic N) is 1. The van der Waals surface area contributed by atoms with Crippen molar-refractivity contribution in [1.82, 2.24) is 10.2 Å². The third-order valence-electron chi connectivity index (χ3n) is 5.24. The fraction of sp³-hybridized carbons (Fsp3) is 0.348. The lowest BCUT2D eigenvalue weighted by Gasteiger charge is -2.24. The molecule has 1 heterocycles. The summed E-state index contributed by atoms with van der Waals surface area (Å²) in [6, 6.07) is 14.4. The van der Waals surface area contributed by atoms with Crippen molar-refractivity contribution in [3.63, 3.8) is 0 Å². The highest BCUT2D eigenvalue weighted by Crippen LogP contribution is 2.31. The van der Waals surface area contributed by atoms with Crippen LogP contribution in [0, 0.1) is 6.92 Å². The van der Waals surface area contributed by atoms with Crippen molar-refractivity contribution in [2.75, 3.05) is 11.9 Å². The Morgan fingerprint density at radius 1 is 1.03 bits per heavy atom. The van der Waals surface area contributed by atoms with Crippen molar-refractivity contribution in [1.29, 1.82) is 0 Å². The molecule has 4 amide bonds. The minimum Gasteiger partial charge on any atom is -0.325 e.